The highest BCUT2D eigenvalue weighted by Crippen LogP contribution is 2.43. The van der Waals surface area contributed by atoms with Gasteiger partial charge in [-0.2, -0.15) is 0 Å². The number of benzene rings is 1. The normalized spacial score (nSPS) is 26.0. The van der Waals surface area contributed by atoms with E-state index in [4.69, 9.17) is 9.47 Å². The fourth-order valence-electron chi connectivity index (χ4n) is 3.27. The quantitative estimate of drug-likeness (QED) is 0.913. The second-order valence-electron chi connectivity index (χ2n) is 6.08. The van der Waals surface area contributed by atoms with Gasteiger partial charge in [0.05, 0.1) is 18.3 Å². The predicted octanol–water partition coefficient (Wildman–Crippen LogP) is 3.61. The van der Waals surface area contributed by atoms with Crippen molar-refractivity contribution in [3.63, 3.8) is 0 Å². The van der Waals surface area contributed by atoms with Crippen LogP contribution in [0.5, 0.6) is 5.75 Å². The van der Waals surface area contributed by atoms with E-state index in [0.29, 0.717) is 6.42 Å². The molecule has 1 N–H and O–H groups in total. The van der Waals surface area contributed by atoms with E-state index >= 15 is 0 Å². The second kappa shape index (κ2) is 5.74. The summed E-state index contributed by atoms with van der Waals surface area (Å²) in [4.78, 5) is 0. The monoisotopic (exact) mass is 276 g/mol. The van der Waals surface area contributed by atoms with Crippen molar-refractivity contribution in [1.82, 2.24) is 0 Å². The molecule has 1 aromatic rings. The summed E-state index contributed by atoms with van der Waals surface area (Å²) in [6.07, 6.45) is 6.04. The van der Waals surface area contributed by atoms with Gasteiger partial charge in [-0.05, 0) is 31.7 Å². The molecule has 2 atom stereocenters. The average Bonchev–Trinajstić information content (AvgIpc) is 2.46. The van der Waals surface area contributed by atoms with Crippen molar-refractivity contribution in [1.29, 1.82) is 0 Å². The number of aliphatic hydroxyl groups excluding tert-OH is 1. The molecule has 1 aromatic carbocycles. The molecule has 3 rings (SSSR count). The van der Waals surface area contributed by atoms with Crippen LogP contribution in [-0.2, 0) is 4.74 Å². The zero-order valence-corrected chi connectivity index (χ0v) is 12.2. The Morgan fingerprint density at radius 2 is 2.20 bits per heavy atom. The van der Waals surface area contributed by atoms with Gasteiger partial charge in [-0.1, -0.05) is 25.1 Å². The van der Waals surface area contributed by atoms with Crippen molar-refractivity contribution in [3.05, 3.63) is 29.8 Å². The van der Waals surface area contributed by atoms with E-state index < -0.39 is 6.10 Å². The molecule has 1 unspecified atom stereocenters. The van der Waals surface area contributed by atoms with Gasteiger partial charge in [0.15, 0.2) is 0 Å². The average molecular weight is 276 g/mol. The van der Waals surface area contributed by atoms with Gasteiger partial charge in [0.2, 0.25) is 0 Å². The lowest BCUT2D eigenvalue weighted by Crippen LogP contribution is -2.48. The molecule has 0 radical (unpaired) electrons. The first kappa shape index (κ1) is 13.9. The maximum absolute atomic E-state index is 10.1. The molecule has 1 spiro atoms. The lowest BCUT2D eigenvalue weighted by atomic mass is 9.74. The topological polar surface area (TPSA) is 38.7 Å². The smallest absolute Gasteiger partial charge is 0.125 e. The molecule has 0 bridgehead atoms. The minimum atomic E-state index is -0.441. The van der Waals surface area contributed by atoms with Crippen LogP contribution < -0.4 is 4.74 Å². The number of ether oxygens (including phenoxy) is 2. The van der Waals surface area contributed by atoms with Crippen LogP contribution in [0.1, 0.15) is 57.1 Å². The maximum Gasteiger partial charge on any atom is 0.125 e. The largest absolute Gasteiger partial charge is 0.490 e. The van der Waals surface area contributed by atoms with E-state index in [1.165, 1.54) is 19.3 Å². The number of hydrogen-bond donors (Lipinski definition) is 1. The van der Waals surface area contributed by atoms with Crippen LogP contribution in [0.15, 0.2) is 24.3 Å². The Balaban J connectivity index is 1.71. The van der Waals surface area contributed by atoms with Crippen LogP contribution in [0.2, 0.25) is 0 Å². The summed E-state index contributed by atoms with van der Waals surface area (Å²) in [7, 11) is 0. The van der Waals surface area contributed by atoms with Crippen molar-refractivity contribution in [2.45, 2.75) is 63.3 Å². The number of rotatable bonds is 4. The van der Waals surface area contributed by atoms with E-state index in [1.807, 2.05) is 31.2 Å². The Kier molecular flexibility index (Phi) is 3.99. The summed E-state index contributed by atoms with van der Waals surface area (Å²) >= 11 is 0. The van der Waals surface area contributed by atoms with Crippen LogP contribution in [0, 0.1) is 0 Å². The summed E-state index contributed by atoms with van der Waals surface area (Å²) in [5, 5.41) is 10.1. The summed E-state index contributed by atoms with van der Waals surface area (Å²) in [5.41, 5.74) is 1.01. The Hall–Kier alpha value is -1.06. The van der Waals surface area contributed by atoms with E-state index in [0.717, 1.165) is 30.8 Å². The van der Waals surface area contributed by atoms with Gasteiger partial charge in [0.25, 0.3) is 0 Å². The van der Waals surface area contributed by atoms with Gasteiger partial charge in [-0.3, -0.25) is 0 Å². The molecule has 1 saturated carbocycles. The summed E-state index contributed by atoms with van der Waals surface area (Å²) in [5.74, 6) is 0.836. The molecular formula is C17H24O3. The SMILES string of the molecule is CC[C@H](O)c1ccccc1OC1CCOC2(CCC2)C1. The minimum absolute atomic E-state index is 0.0984. The Morgan fingerprint density at radius 3 is 2.90 bits per heavy atom. The van der Waals surface area contributed by atoms with E-state index in [9.17, 15) is 5.11 Å². The van der Waals surface area contributed by atoms with Gasteiger partial charge in [0.1, 0.15) is 11.9 Å². The lowest BCUT2D eigenvalue weighted by Gasteiger charge is -2.47. The standard InChI is InChI=1S/C17H24O3/c1-2-15(18)14-6-3-4-7-16(14)20-13-8-11-19-17(12-13)9-5-10-17/h3-4,6-7,13,15,18H,2,5,8-12H2,1H3/t13?,15-/m0/s1. The van der Waals surface area contributed by atoms with Crippen molar-refractivity contribution in [2.24, 2.45) is 0 Å². The van der Waals surface area contributed by atoms with Gasteiger partial charge in [0, 0.05) is 18.4 Å². The van der Waals surface area contributed by atoms with Gasteiger partial charge >= 0.3 is 0 Å². The van der Waals surface area contributed by atoms with E-state index in [2.05, 4.69) is 0 Å². The van der Waals surface area contributed by atoms with Crippen molar-refractivity contribution < 1.29 is 14.6 Å². The molecule has 3 heteroatoms. The van der Waals surface area contributed by atoms with Crippen molar-refractivity contribution in [3.8, 4) is 5.75 Å². The number of para-hydroxylation sites is 1. The van der Waals surface area contributed by atoms with Crippen LogP contribution in [0.3, 0.4) is 0 Å². The van der Waals surface area contributed by atoms with Gasteiger partial charge in [-0.25, -0.2) is 0 Å². The molecule has 0 amide bonds. The third-order valence-electron chi connectivity index (χ3n) is 4.67. The Bertz CT molecular complexity index is 453. The molecule has 3 nitrogen and oxygen atoms in total. The zero-order chi connectivity index (χ0) is 14.0. The molecule has 0 aromatic heterocycles. The number of aliphatic hydroxyl groups is 1. The number of hydrogen-bond acceptors (Lipinski definition) is 3. The van der Waals surface area contributed by atoms with Gasteiger partial charge in [-0.15, -0.1) is 0 Å². The van der Waals surface area contributed by atoms with Crippen LogP contribution in [0.25, 0.3) is 0 Å². The van der Waals surface area contributed by atoms with Crippen molar-refractivity contribution >= 4 is 0 Å². The van der Waals surface area contributed by atoms with Gasteiger partial charge < -0.3 is 14.6 Å². The first-order chi connectivity index (χ1) is 9.72. The summed E-state index contributed by atoms with van der Waals surface area (Å²) in [6.45, 7) is 2.78. The fourth-order valence-corrected chi connectivity index (χ4v) is 3.27. The molecule has 1 heterocycles. The Morgan fingerprint density at radius 1 is 1.40 bits per heavy atom. The fraction of sp³-hybridized carbons (Fsp3) is 0.647. The molecule has 2 aliphatic rings. The van der Waals surface area contributed by atoms with Crippen LogP contribution in [0.4, 0.5) is 0 Å². The molecular weight excluding hydrogens is 252 g/mol. The maximum atomic E-state index is 10.1. The lowest BCUT2D eigenvalue weighted by molar-refractivity contribution is -0.153. The second-order valence-corrected chi connectivity index (χ2v) is 6.08. The molecule has 2 fully saturated rings. The zero-order valence-electron chi connectivity index (χ0n) is 12.2. The third kappa shape index (κ3) is 2.70. The summed E-state index contributed by atoms with van der Waals surface area (Å²) in [6, 6.07) is 7.86. The minimum Gasteiger partial charge on any atom is -0.490 e. The first-order valence-corrected chi connectivity index (χ1v) is 7.80. The van der Waals surface area contributed by atoms with Crippen molar-refractivity contribution in [2.75, 3.05) is 6.61 Å². The highest BCUT2D eigenvalue weighted by atomic mass is 16.5. The van der Waals surface area contributed by atoms with Crippen LogP contribution >= 0.6 is 0 Å². The van der Waals surface area contributed by atoms with E-state index in [-0.39, 0.29) is 11.7 Å². The predicted molar refractivity (Wildman–Crippen MR) is 77.9 cm³/mol. The van der Waals surface area contributed by atoms with Crippen LogP contribution in [-0.4, -0.2) is 23.4 Å². The molecule has 1 saturated heterocycles. The van der Waals surface area contributed by atoms with E-state index in [1.54, 1.807) is 0 Å². The third-order valence-corrected chi connectivity index (χ3v) is 4.67. The highest BCUT2D eigenvalue weighted by molar-refractivity contribution is 5.35. The molecule has 110 valence electrons. The highest BCUT2D eigenvalue weighted by Gasteiger charge is 2.43. The summed E-state index contributed by atoms with van der Waals surface area (Å²) < 4.78 is 12.1. The molecule has 1 aliphatic heterocycles. The molecule has 20 heavy (non-hydrogen) atoms. The molecule has 1 aliphatic carbocycles. The Labute approximate surface area is 120 Å². The first-order valence-electron chi connectivity index (χ1n) is 7.80.